The Morgan fingerprint density at radius 2 is 1.29 bits per heavy atom. The van der Waals surface area contributed by atoms with Gasteiger partial charge in [0, 0.05) is 44.1 Å². The maximum absolute atomic E-state index is 13.1. The number of rotatable bonds is 21. The SMILES string of the molecule is COc1ccc(CC2c3cc(OC)c(OC)cc3CC[N+]2(C)CCCOC(=O)C2C=C2C(=O)OCCC[N+]2(Cc3ccc(OC)c(OC)c3OC)CCCC2)cc1OC. The second kappa shape index (κ2) is 19.3. The minimum atomic E-state index is -0.649. The summed E-state index contributed by atoms with van der Waals surface area (Å²) in [6.07, 6.45) is 6.92. The summed E-state index contributed by atoms with van der Waals surface area (Å²) in [5.41, 5.74) is 5.01. The molecule has 3 aromatic rings. The number of nitrogens with zero attached hydrogens (tertiary/aromatic N) is 2. The van der Waals surface area contributed by atoms with E-state index < -0.39 is 17.9 Å². The molecule has 3 atom stereocenters. The molecule has 3 unspecified atom stereocenters. The van der Waals surface area contributed by atoms with Crippen LogP contribution in [0.1, 0.15) is 54.0 Å². The van der Waals surface area contributed by atoms with E-state index in [4.69, 9.17) is 42.6 Å². The molecule has 0 spiro atoms. The highest BCUT2D eigenvalue weighted by Gasteiger charge is 2.42. The Morgan fingerprint density at radius 1 is 0.661 bits per heavy atom. The fraction of sp³-hybridized carbons (Fsp3) is 0.522. The van der Waals surface area contributed by atoms with Gasteiger partial charge in [0.15, 0.2) is 34.5 Å². The molecular formula is C46H62N2O11+2. The largest absolute Gasteiger partial charge is 0.493 e. The molecule has 0 bridgehead atoms. The Hall–Kier alpha value is -5.14. The summed E-state index contributed by atoms with van der Waals surface area (Å²) in [7, 11) is 13.7. The number of fused-ring (bicyclic) bond motifs is 1. The van der Waals surface area contributed by atoms with Crippen molar-refractivity contribution in [3.63, 3.8) is 0 Å². The van der Waals surface area contributed by atoms with Crippen molar-refractivity contribution >= 4 is 11.9 Å². The molecular weight excluding hydrogens is 757 g/mol. The van der Waals surface area contributed by atoms with Crippen LogP contribution in [0.4, 0.5) is 0 Å². The van der Waals surface area contributed by atoms with Crippen LogP contribution in [-0.2, 0) is 38.4 Å². The lowest BCUT2D eigenvalue weighted by Gasteiger charge is -2.46. The minimum absolute atomic E-state index is 0.0926. The number of hydrogen-bond acceptors (Lipinski definition) is 11. The molecule has 1 aliphatic carbocycles. The van der Waals surface area contributed by atoms with Gasteiger partial charge in [-0.2, -0.15) is 0 Å². The zero-order chi connectivity index (χ0) is 42.2. The van der Waals surface area contributed by atoms with E-state index in [-0.39, 0.29) is 19.3 Å². The van der Waals surface area contributed by atoms with Crippen LogP contribution in [0, 0.1) is 5.92 Å². The first-order valence-corrected chi connectivity index (χ1v) is 20.5. The predicted molar refractivity (Wildman–Crippen MR) is 222 cm³/mol. The van der Waals surface area contributed by atoms with E-state index in [0.29, 0.717) is 52.9 Å². The molecule has 6 rings (SSSR count). The van der Waals surface area contributed by atoms with E-state index in [1.165, 1.54) is 11.1 Å². The normalized spacial score (nSPS) is 20.1. The van der Waals surface area contributed by atoms with Crippen molar-refractivity contribution in [3.05, 3.63) is 76.4 Å². The van der Waals surface area contributed by atoms with Gasteiger partial charge in [-0.05, 0) is 47.5 Å². The number of carbonyl (C=O) groups is 2. The quantitative estimate of drug-likeness (QED) is 0.0689. The summed E-state index contributed by atoms with van der Waals surface area (Å²) in [5.74, 6) is 3.19. The molecule has 0 radical (unpaired) electrons. The summed E-state index contributed by atoms with van der Waals surface area (Å²) in [6, 6.07) is 14.3. The molecule has 320 valence electrons. The van der Waals surface area contributed by atoms with E-state index in [1.54, 1.807) is 55.8 Å². The van der Waals surface area contributed by atoms with Gasteiger partial charge in [-0.15, -0.1) is 0 Å². The van der Waals surface area contributed by atoms with E-state index in [1.807, 2.05) is 24.3 Å². The van der Waals surface area contributed by atoms with Gasteiger partial charge in [0.1, 0.15) is 18.5 Å². The molecule has 1 saturated heterocycles. The first kappa shape index (κ1) is 43.4. The number of methoxy groups -OCH3 is 7. The molecule has 0 aromatic heterocycles. The lowest BCUT2D eigenvalue weighted by atomic mass is 9.86. The van der Waals surface area contributed by atoms with E-state index in [9.17, 15) is 9.59 Å². The Bertz CT molecular complexity index is 1990. The van der Waals surface area contributed by atoms with Gasteiger partial charge >= 0.3 is 11.9 Å². The van der Waals surface area contributed by atoms with E-state index in [0.717, 1.165) is 90.8 Å². The number of esters is 2. The van der Waals surface area contributed by atoms with Crippen molar-refractivity contribution in [2.75, 3.05) is 103 Å². The zero-order valence-corrected chi connectivity index (χ0v) is 36.1. The first-order valence-electron chi connectivity index (χ1n) is 20.5. The number of hydrogen-bond donors (Lipinski definition) is 0. The molecule has 0 saturated carbocycles. The molecule has 13 nitrogen and oxygen atoms in total. The van der Waals surface area contributed by atoms with Crippen molar-refractivity contribution in [3.8, 4) is 40.2 Å². The van der Waals surface area contributed by atoms with Crippen LogP contribution in [0.5, 0.6) is 40.2 Å². The molecule has 59 heavy (non-hydrogen) atoms. The maximum atomic E-state index is 13.1. The fourth-order valence-electron chi connectivity index (χ4n) is 9.13. The van der Waals surface area contributed by atoms with Gasteiger partial charge < -0.3 is 51.6 Å². The monoisotopic (exact) mass is 818 g/mol. The van der Waals surface area contributed by atoms with Crippen LogP contribution in [0.3, 0.4) is 0 Å². The van der Waals surface area contributed by atoms with Crippen molar-refractivity contribution < 1.29 is 61.2 Å². The maximum Gasteiger partial charge on any atom is 0.334 e. The van der Waals surface area contributed by atoms with Crippen molar-refractivity contribution in [2.45, 2.75) is 51.1 Å². The summed E-state index contributed by atoms with van der Waals surface area (Å²) >= 11 is 0. The van der Waals surface area contributed by atoms with Gasteiger partial charge in [0.05, 0.1) is 114 Å². The number of ether oxygens (including phenoxy) is 9. The first-order chi connectivity index (χ1) is 28.6. The smallest absolute Gasteiger partial charge is 0.334 e. The standard InChI is InChI=1S/C46H62N2O11/c1-47(22-17-32-27-41(54-5)42(55-6)29-34(32)37(47)25-31-13-15-38(51-2)40(26-31)53-4)18-11-23-58-45(49)35-28-36(35)46(50)59-24-12-21-48(19-9-10-20-48)30-33-14-16-39(52-3)44(57-8)43(33)56-7/h13-16,26-29,35,37H,9-12,17-25,30H2,1-8H3/q+2. The number of likely N-dealkylation sites (tertiary alicyclic amines) is 1. The second-order valence-corrected chi connectivity index (χ2v) is 16.0. The van der Waals surface area contributed by atoms with Crippen LogP contribution in [-0.4, -0.2) is 124 Å². The molecule has 2 aliphatic heterocycles. The average Bonchev–Trinajstić information content (AvgIpc) is 3.94. The molecule has 2 heterocycles. The highest BCUT2D eigenvalue weighted by molar-refractivity contribution is 6.03. The Kier molecular flexibility index (Phi) is 14.2. The van der Waals surface area contributed by atoms with Crippen molar-refractivity contribution in [2.24, 2.45) is 5.92 Å². The molecule has 3 aromatic carbocycles. The summed E-state index contributed by atoms with van der Waals surface area (Å²) in [5, 5.41) is 0. The average molecular weight is 819 g/mol. The van der Waals surface area contributed by atoms with Gasteiger partial charge in [-0.1, -0.05) is 12.1 Å². The molecule has 1 fully saturated rings. The number of likely N-dealkylation sites (N-methyl/N-ethyl adjacent to an activating group) is 1. The van der Waals surface area contributed by atoms with Gasteiger partial charge in [0.25, 0.3) is 0 Å². The molecule has 0 N–H and O–H groups in total. The summed E-state index contributed by atoms with van der Waals surface area (Å²) in [4.78, 5) is 26.0. The highest BCUT2D eigenvalue weighted by atomic mass is 16.5. The van der Waals surface area contributed by atoms with Crippen LogP contribution in [0.25, 0.3) is 0 Å². The van der Waals surface area contributed by atoms with Crippen LogP contribution in [0.2, 0.25) is 0 Å². The van der Waals surface area contributed by atoms with E-state index in [2.05, 4.69) is 25.2 Å². The van der Waals surface area contributed by atoms with Gasteiger partial charge in [0.2, 0.25) is 5.75 Å². The Labute approximate surface area is 348 Å². The molecule has 13 heteroatoms. The summed E-state index contributed by atoms with van der Waals surface area (Å²) in [6.45, 7) is 5.94. The van der Waals surface area contributed by atoms with Crippen LogP contribution >= 0.6 is 0 Å². The topological polar surface area (TPSA) is 117 Å². The van der Waals surface area contributed by atoms with Crippen molar-refractivity contribution in [1.82, 2.24) is 0 Å². The van der Waals surface area contributed by atoms with E-state index >= 15 is 0 Å². The third-order valence-electron chi connectivity index (χ3n) is 12.5. The fourth-order valence-corrected chi connectivity index (χ4v) is 9.13. The Morgan fingerprint density at radius 3 is 1.97 bits per heavy atom. The molecule has 3 aliphatic rings. The predicted octanol–water partition coefficient (Wildman–Crippen LogP) is 6.27. The van der Waals surface area contributed by atoms with Crippen molar-refractivity contribution in [1.29, 1.82) is 0 Å². The lowest BCUT2D eigenvalue weighted by Crippen LogP contribution is -2.52. The van der Waals surface area contributed by atoms with Crippen LogP contribution in [0.15, 0.2) is 54.1 Å². The third kappa shape index (κ3) is 9.68. The highest BCUT2D eigenvalue weighted by Crippen LogP contribution is 2.44. The van der Waals surface area contributed by atoms with Gasteiger partial charge in [-0.3, -0.25) is 4.79 Å². The van der Waals surface area contributed by atoms with Gasteiger partial charge in [-0.25, -0.2) is 4.79 Å². The number of quaternary nitrogens is 2. The third-order valence-corrected chi connectivity index (χ3v) is 12.5. The number of benzene rings is 3. The zero-order valence-electron chi connectivity index (χ0n) is 36.1. The lowest BCUT2D eigenvalue weighted by molar-refractivity contribution is -0.941. The second-order valence-electron chi connectivity index (χ2n) is 16.0. The van der Waals surface area contributed by atoms with Crippen LogP contribution < -0.4 is 33.2 Å². The number of carbonyl (C=O) groups excluding carboxylic acids is 2. The Balaban J connectivity index is 0.998. The molecule has 0 amide bonds. The minimum Gasteiger partial charge on any atom is -0.493 e. The summed E-state index contributed by atoms with van der Waals surface area (Å²) < 4.78 is 52.4.